The maximum absolute atomic E-state index is 11.8. The highest BCUT2D eigenvalue weighted by molar-refractivity contribution is 5.80. The number of nitrogens with zero attached hydrogens (tertiary/aromatic N) is 2. The Morgan fingerprint density at radius 2 is 2.04 bits per heavy atom. The van der Waals surface area contributed by atoms with Gasteiger partial charge in [-0.25, -0.2) is 0 Å². The van der Waals surface area contributed by atoms with Crippen LogP contribution in [-0.2, 0) is 16.1 Å². The van der Waals surface area contributed by atoms with Gasteiger partial charge in [0, 0.05) is 11.9 Å². The topological polar surface area (TPSA) is 51.7 Å². The van der Waals surface area contributed by atoms with Gasteiger partial charge in [0.15, 0.2) is 0 Å². The van der Waals surface area contributed by atoms with Crippen molar-refractivity contribution >= 4 is 16.9 Å². The van der Waals surface area contributed by atoms with Crippen LogP contribution in [0.4, 0.5) is 0 Å². The van der Waals surface area contributed by atoms with E-state index in [2.05, 4.69) is 17.0 Å². The molecule has 24 heavy (non-hydrogen) atoms. The first-order chi connectivity index (χ1) is 11.7. The number of fused-ring (bicyclic) bond motifs is 1. The monoisotopic (exact) mass is 328 g/mol. The lowest BCUT2D eigenvalue weighted by Crippen LogP contribution is -2.36. The largest absolute Gasteiger partial charge is 0.497 e. The molecule has 0 saturated carbocycles. The molecular weight excluding hydrogens is 304 g/mol. The number of carbonyl (C=O) groups is 1. The molecule has 1 aliphatic heterocycles. The molecule has 1 saturated heterocycles. The van der Waals surface area contributed by atoms with Crippen LogP contribution in [0.1, 0.15) is 25.5 Å². The maximum Gasteiger partial charge on any atom is 0.309 e. The molecule has 5 heteroatoms. The molecule has 1 aromatic carbocycles. The fourth-order valence-corrected chi connectivity index (χ4v) is 3.18. The molecule has 0 N–H and O–H groups in total. The van der Waals surface area contributed by atoms with Gasteiger partial charge in [-0.3, -0.25) is 14.7 Å². The van der Waals surface area contributed by atoms with Crippen LogP contribution >= 0.6 is 0 Å². The van der Waals surface area contributed by atoms with E-state index in [9.17, 15) is 4.79 Å². The van der Waals surface area contributed by atoms with E-state index >= 15 is 0 Å². The van der Waals surface area contributed by atoms with Crippen LogP contribution < -0.4 is 4.74 Å². The van der Waals surface area contributed by atoms with E-state index in [-0.39, 0.29) is 11.9 Å². The predicted molar refractivity (Wildman–Crippen MR) is 92.9 cm³/mol. The van der Waals surface area contributed by atoms with Gasteiger partial charge in [-0.1, -0.05) is 6.07 Å². The van der Waals surface area contributed by atoms with E-state index in [4.69, 9.17) is 14.5 Å². The fraction of sp³-hybridized carbons (Fsp3) is 0.474. The molecule has 1 aliphatic rings. The Morgan fingerprint density at radius 3 is 2.75 bits per heavy atom. The number of hydrogen-bond donors (Lipinski definition) is 0. The molecule has 0 bridgehead atoms. The summed E-state index contributed by atoms with van der Waals surface area (Å²) in [6.45, 7) is 4.95. The fourth-order valence-electron chi connectivity index (χ4n) is 3.18. The number of hydrogen-bond acceptors (Lipinski definition) is 5. The van der Waals surface area contributed by atoms with Crippen LogP contribution in [0.2, 0.25) is 0 Å². The van der Waals surface area contributed by atoms with Crippen LogP contribution in [0.5, 0.6) is 5.75 Å². The molecule has 128 valence electrons. The Morgan fingerprint density at radius 1 is 1.25 bits per heavy atom. The lowest BCUT2D eigenvalue weighted by molar-refractivity contribution is -0.149. The summed E-state index contributed by atoms with van der Waals surface area (Å²) < 4.78 is 10.4. The van der Waals surface area contributed by atoms with E-state index in [0.29, 0.717) is 6.61 Å². The van der Waals surface area contributed by atoms with Crippen molar-refractivity contribution in [2.75, 3.05) is 26.8 Å². The number of benzene rings is 1. The van der Waals surface area contributed by atoms with Gasteiger partial charge in [0.1, 0.15) is 5.75 Å². The minimum atomic E-state index is -0.0464. The Labute approximate surface area is 142 Å². The Hall–Kier alpha value is -2.14. The molecule has 5 nitrogen and oxygen atoms in total. The smallest absolute Gasteiger partial charge is 0.309 e. The van der Waals surface area contributed by atoms with Gasteiger partial charge in [0.05, 0.1) is 30.8 Å². The number of methoxy groups -OCH3 is 1. The third-order valence-electron chi connectivity index (χ3n) is 4.55. The lowest BCUT2D eigenvalue weighted by atomic mass is 9.97. The van der Waals surface area contributed by atoms with E-state index in [1.165, 1.54) is 0 Å². The van der Waals surface area contributed by atoms with Crippen molar-refractivity contribution in [3.8, 4) is 5.75 Å². The average molecular weight is 328 g/mol. The zero-order chi connectivity index (χ0) is 16.9. The number of carbonyl (C=O) groups excluding carboxylic acids is 1. The summed E-state index contributed by atoms with van der Waals surface area (Å²) in [5, 5.41) is 1.08. The van der Waals surface area contributed by atoms with Crippen LogP contribution in [0.15, 0.2) is 30.3 Å². The first-order valence-electron chi connectivity index (χ1n) is 8.52. The van der Waals surface area contributed by atoms with Crippen LogP contribution in [0.3, 0.4) is 0 Å². The van der Waals surface area contributed by atoms with Crippen molar-refractivity contribution in [3.63, 3.8) is 0 Å². The van der Waals surface area contributed by atoms with Gasteiger partial charge in [0.25, 0.3) is 0 Å². The quantitative estimate of drug-likeness (QED) is 0.790. The molecule has 0 unspecified atom stereocenters. The molecule has 0 aliphatic carbocycles. The number of piperidine rings is 1. The molecule has 0 atom stereocenters. The highest BCUT2D eigenvalue weighted by Crippen LogP contribution is 2.22. The summed E-state index contributed by atoms with van der Waals surface area (Å²) in [4.78, 5) is 18.9. The first kappa shape index (κ1) is 16.7. The Bertz CT molecular complexity index is 709. The zero-order valence-electron chi connectivity index (χ0n) is 14.3. The van der Waals surface area contributed by atoms with Crippen LogP contribution in [0.25, 0.3) is 10.9 Å². The Balaban J connectivity index is 1.61. The summed E-state index contributed by atoms with van der Waals surface area (Å²) in [5.74, 6) is 0.853. The molecule has 2 heterocycles. The third kappa shape index (κ3) is 3.85. The molecular formula is C19H24N2O3. The average Bonchev–Trinajstić information content (AvgIpc) is 2.62. The number of likely N-dealkylation sites (tertiary alicyclic amines) is 1. The van der Waals surface area contributed by atoms with Gasteiger partial charge in [0.2, 0.25) is 0 Å². The molecule has 0 spiro atoms. The number of aromatic nitrogens is 1. The minimum absolute atomic E-state index is 0.0464. The summed E-state index contributed by atoms with van der Waals surface area (Å²) >= 11 is 0. The van der Waals surface area contributed by atoms with Crippen molar-refractivity contribution in [1.82, 2.24) is 9.88 Å². The third-order valence-corrected chi connectivity index (χ3v) is 4.55. The maximum atomic E-state index is 11.8. The highest BCUT2D eigenvalue weighted by Gasteiger charge is 2.26. The first-order valence-corrected chi connectivity index (χ1v) is 8.52. The number of esters is 1. The predicted octanol–water partition coefficient (Wildman–Crippen LogP) is 3.02. The molecule has 1 aromatic heterocycles. The number of rotatable bonds is 5. The summed E-state index contributed by atoms with van der Waals surface area (Å²) in [6, 6.07) is 10.1. The molecule has 0 radical (unpaired) electrons. The molecule has 3 rings (SSSR count). The van der Waals surface area contributed by atoms with Gasteiger partial charge in [-0.2, -0.15) is 0 Å². The second-order valence-corrected chi connectivity index (χ2v) is 6.16. The van der Waals surface area contributed by atoms with E-state index in [1.54, 1.807) is 7.11 Å². The van der Waals surface area contributed by atoms with Gasteiger partial charge >= 0.3 is 5.97 Å². The standard InChI is InChI=1S/C19H24N2O3/c1-3-24-19(22)14-8-10-21(11-9-14)13-16-5-4-15-12-17(23-2)6-7-18(15)20-16/h4-7,12,14H,3,8-11,13H2,1-2H3. The molecule has 2 aromatic rings. The minimum Gasteiger partial charge on any atom is -0.497 e. The highest BCUT2D eigenvalue weighted by atomic mass is 16.5. The van der Waals surface area contributed by atoms with Crippen molar-refractivity contribution in [1.29, 1.82) is 0 Å². The summed E-state index contributed by atoms with van der Waals surface area (Å²) in [6.07, 6.45) is 1.73. The van der Waals surface area contributed by atoms with E-state index < -0.39 is 0 Å². The molecule has 1 fully saturated rings. The number of ether oxygens (including phenoxy) is 2. The SMILES string of the molecule is CCOC(=O)C1CCN(Cc2ccc3cc(OC)ccc3n2)CC1. The summed E-state index contributed by atoms with van der Waals surface area (Å²) in [5.41, 5.74) is 2.04. The van der Waals surface area contributed by atoms with Crippen LogP contribution in [0, 0.1) is 5.92 Å². The van der Waals surface area contributed by atoms with Gasteiger partial charge < -0.3 is 9.47 Å². The Kier molecular flexibility index (Phi) is 5.30. The lowest BCUT2D eigenvalue weighted by Gasteiger charge is -2.30. The van der Waals surface area contributed by atoms with Gasteiger partial charge in [-0.05, 0) is 57.1 Å². The number of pyridine rings is 1. The second kappa shape index (κ2) is 7.62. The van der Waals surface area contributed by atoms with Crippen molar-refractivity contribution in [2.45, 2.75) is 26.3 Å². The van der Waals surface area contributed by atoms with Crippen LogP contribution in [-0.4, -0.2) is 42.7 Å². The molecule has 0 amide bonds. The second-order valence-electron chi connectivity index (χ2n) is 6.16. The van der Waals surface area contributed by atoms with E-state index in [1.807, 2.05) is 25.1 Å². The van der Waals surface area contributed by atoms with Gasteiger partial charge in [-0.15, -0.1) is 0 Å². The normalized spacial score (nSPS) is 16.2. The van der Waals surface area contributed by atoms with Crippen molar-refractivity contribution in [3.05, 3.63) is 36.0 Å². The van der Waals surface area contributed by atoms with Crippen molar-refractivity contribution in [2.24, 2.45) is 5.92 Å². The summed E-state index contributed by atoms with van der Waals surface area (Å²) in [7, 11) is 1.67. The van der Waals surface area contributed by atoms with Crippen molar-refractivity contribution < 1.29 is 14.3 Å². The zero-order valence-corrected chi connectivity index (χ0v) is 14.3. The van der Waals surface area contributed by atoms with E-state index in [0.717, 1.165) is 54.8 Å².